The Labute approximate surface area is 167 Å². The third-order valence-corrected chi connectivity index (χ3v) is 5.45. The van der Waals surface area contributed by atoms with Gasteiger partial charge >= 0.3 is 0 Å². The average molecular weight is 392 g/mol. The lowest BCUT2D eigenvalue weighted by Gasteiger charge is -2.11. The second-order valence-corrected chi connectivity index (χ2v) is 7.77. The summed E-state index contributed by atoms with van der Waals surface area (Å²) in [6.07, 6.45) is 5.57. The minimum Gasteiger partial charge on any atom is -0.341 e. The number of carbonyl (C=O) groups excluding carboxylic acids is 1. The van der Waals surface area contributed by atoms with E-state index in [9.17, 15) is 4.79 Å². The van der Waals surface area contributed by atoms with Crippen molar-refractivity contribution < 1.29 is 4.79 Å². The van der Waals surface area contributed by atoms with Crippen LogP contribution in [0.5, 0.6) is 0 Å². The molecule has 0 saturated heterocycles. The summed E-state index contributed by atoms with van der Waals surface area (Å²) in [6, 6.07) is 13.9. The molecule has 0 bridgehead atoms. The summed E-state index contributed by atoms with van der Waals surface area (Å²) in [6.45, 7) is 4.10. The molecule has 0 atom stereocenters. The van der Waals surface area contributed by atoms with Crippen LogP contribution in [0.4, 0.5) is 5.13 Å². The molecule has 1 aromatic carbocycles. The van der Waals surface area contributed by atoms with E-state index in [-0.39, 0.29) is 11.9 Å². The Morgan fingerprint density at radius 2 is 1.89 bits per heavy atom. The first-order chi connectivity index (χ1) is 13.5. The molecule has 0 aliphatic rings. The number of aromatic nitrogens is 4. The van der Waals surface area contributed by atoms with Crippen molar-refractivity contribution in [1.29, 1.82) is 0 Å². The number of rotatable bonds is 5. The molecule has 0 aliphatic heterocycles. The number of benzene rings is 1. The number of imidazole rings is 1. The lowest BCUT2D eigenvalue weighted by Crippen LogP contribution is -2.17. The zero-order chi connectivity index (χ0) is 19.7. The van der Waals surface area contributed by atoms with Crippen LogP contribution in [-0.2, 0) is 7.05 Å². The SMILES string of the molecule is CC(C)n1cccc1C(=O)Nc1nc(-c2ccccc2)c(-c2nccn2C)s1. The van der Waals surface area contributed by atoms with Gasteiger partial charge in [-0.15, -0.1) is 0 Å². The maximum absolute atomic E-state index is 12.8. The van der Waals surface area contributed by atoms with Gasteiger partial charge in [-0.05, 0) is 26.0 Å². The van der Waals surface area contributed by atoms with Crippen LogP contribution < -0.4 is 5.32 Å². The van der Waals surface area contributed by atoms with Gasteiger partial charge in [0, 0.05) is 37.2 Å². The van der Waals surface area contributed by atoms with E-state index >= 15 is 0 Å². The van der Waals surface area contributed by atoms with Crippen LogP contribution in [0.3, 0.4) is 0 Å². The van der Waals surface area contributed by atoms with Crippen molar-refractivity contribution in [2.45, 2.75) is 19.9 Å². The summed E-state index contributed by atoms with van der Waals surface area (Å²) >= 11 is 1.43. The molecule has 7 heteroatoms. The molecular weight excluding hydrogens is 370 g/mol. The molecule has 3 heterocycles. The van der Waals surface area contributed by atoms with Gasteiger partial charge in [-0.1, -0.05) is 41.7 Å². The van der Waals surface area contributed by atoms with Crippen LogP contribution in [-0.4, -0.2) is 25.0 Å². The first-order valence-corrected chi connectivity index (χ1v) is 9.88. The van der Waals surface area contributed by atoms with E-state index in [1.54, 1.807) is 6.20 Å². The third kappa shape index (κ3) is 3.36. The Hall–Kier alpha value is -3.19. The van der Waals surface area contributed by atoms with Gasteiger partial charge in [0.15, 0.2) is 11.0 Å². The Morgan fingerprint density at radius 3 is 2.57 bits per heavy atom. The lowest BCUT2D eigenvalue weighted by molar-refractivity contribution is 0.101. The minimum absolute atomic E-state index is 0.168. The van der Waals surface area contributed by atoms with Crippen LogP contribution in [0.15, 0.2) is 61.1 Å². The van der Waals surface area contributed by atoms with Gasteiger partial charge in [0.25, 0.3) is 5.91 Å². The predicted molar refractivity (Wildman–Crippen MR) is 113 cm³/mol. The first-order valence-electron chi connectivity index (χ1n) is 9.06. The molecule has 6 nitrogen and oxygen atoms in total. The summed E-state index contributed by atoms with van der Waals surface area (Å²) in [5.74, 6) is 0.654. The summed E-state index contributed by atoms with van der Waals surface area (Å²) < 4.78 is 3.90. The number of hydrogen-bond acceptors (Lipinski definition) is 4. The smallest absolute Gasteiger partial charge is 0.274 e. The van der Waals surface area contributed by atoms with Gasteiger partial charge in [0.1, 0.15) is 5.69 Å². The Kier molecular flexibility index (Phi) is 4.83. The van der Waals surface area contributed by atoms with Crippen molar-refractivity contribution in [3.63, 3.8) is 0 Å². The van der Waals surface area contributed by atoms with Crippen molar-refractivity contribution in [2.75, 3.05) is 5.32 Å². The van der Waals surface area contributed by atoms with E-state index in [1.807, 2.05) is 84.9 Å². The zero-order valence-corrected chi connectivity index (χ0v) is 16.8. The maximum atomic E-state index is 12.8. The van der Waals surface area contributed by atoms with E-state index in [0.29, 0.717) is 10.8 Å². The van der Waals surface area contributed by atoms with Crippen molar-refractivity contribution >= 4 is 22.4 Å². The number of aryl methyl sites for hydroxylation is 1. The van der Waals surface area contributed by atoms with Crippen molar-refractivity contribution in [2.24, 2.45) is 7.05 Å². The van der Waals surface area contributed by atoms with Gasteiger partial charge in [-0.3, -0.25) is 10.1 Å². The summed E-state index contributed by atoms with van der Waals surface area (Å²) in [5, 5.41) is 3.52. The summed E-state index contributed by atoms with van der Waals surface area (Å²) in [7, 11) is 1.95. The van der Waals surface area contributed by atoms with Gasteiger partial charge in [0.2, 0.25) is 0 Å². The van der Waals surface area contributed by atoms with Crippen LogP contribution in [0.2, 0.25) is 0 Å². The molecule has 28 heavy (non-hydrogen) atoms. The second kappa shape index (κ2) is 7.44. The number of carbonyl (C=O) groups is 1. The highest BCUT2D eigenvalue weighted by molar-refractivity contribution is 7.19. The van der Waals surface area contributed by atoms with E-state index in [0.717, 1.165) is 22.0 Å². The van der Waals surface area contributed by atoms with Crippen molar-refractivity contribution in [3.05, 3.63) is 66.7 Å². The average Bonchev–Trinajstić information content (AvgIpc) is 3.41. The second-order valence-electron chi connectivity index (χ2n) is 6.77. The van der Waals surface area contributed by atoms with E-state index in [4.69, 9.17) is 4.98 Å². The predicted octanol–water partition coefficient (Wildman–Crippen LogP) is 4.85. The Balaban J connectivity index is 1.73. The molecule has 1 N–H and O–H groups in total. The number of thiazole rings is 1. The number of nitrogens with zero attached hydrogens (tertiary/aromatic N) is 4. The molecule has 1 amide bonds. The van der Waals surface area contributed by atoms with Crippen molar-refractivity contribution in [3.8, 4) is 22.0 Å². The highest BCUT2D eigenvalue weighted by atomic mass is 32.1. The quantitative estimate of drug-likeness (QED) is 0.529. The van der Waals surface area contributed by atoms with E-state index in [2.05, 4.69) is 10.3 Å². The van der Waals surface area contributed by atoms with Crippen LogP contribution in [0.25, 0.3) is 22.0 Å². The largest absolute Gasteiger partial charge is 0.341 e. The van der Waals surface area contributed by atoms with Crippen LogP contribution in [0.1, 0.15) is 30.4 Å². The van der Waals surface area contributed by atoms with Crippen molar-refractivity contribution in [1.82, 2.24) is 19.1 Å². The molecule has 4 aromatic rings. The van der Waals surface area contributed by atoms with Gasteiger partial charge in [-0.2, -0.15) is 0 Å². The summed E-state index contributed by atoms with van der Waals surface area (Å²) in [4.78, 5) is 22.9. The molecule has 0 saturated carbocycles. The van der Waals surface area contributed by atoms with Gasteiger partial charge < -0.3 is 9.13 Å². The van der Waals surface area contributed by atoms with Gasteiger partial charge in [-0.25, -0.2) is 9.97 Å². The van der Waals surface area contributed by atoms with Crippen LogP contribution in [0, 0.1) is 0 Å². The molecule has 3 aromatic heterocycles. The Bertz CT molecular complexity index is 1110. The zero-order valence-electron chi connectivity index (χ0n) is 16.0. The molecular formula is C21H21N5OS. The van der Waals surface area contributed by atoms with E-state index in [1.165, 1.54) is 11.3 Å². The molecule has 0 fully saturated rings. The molecule has 0 unspecified atom stereocenters. The normalized spacial score (nSPS) is 11.1. The molecule has 0 aliphatic carbocycles. The fourth-order valence-electron chi connectivity index (χ4n) is 3.10. The number of nitrogens with one attached hydrogen (secondary N) is 1. The summed E-state index contributed by atoms with van der Waals surface area (Å²) in [5.41, 5.74) is 2.42. The monoisotopic (exact) mass is 391 g/mol. The maximum Gasteiger partial charge on any atom is 0.274 e. The highest BCUT2D eigenvalue weighted by Gasteiger charge is 2.20. The number of hydrogen-bond donors (Lipinski definition) is 1. The topological polar surface area (TPSA) is 64.7 Å². The standard InChI is InChI=1S/C21H21N5OS/c1-14(2)26-12-7-10-16(26)20(27)24-21-23-17(15-8-5-4-6-9-15)18(28-21)19-22-11-13-25(19)3/h4-14H,1-3H3,(H,23,24,27). The molecule has 0 radical (unpaired) electrons. The molecule has 0 spiro atoms. The molecule has 4 rings (SSSR count). The van der Waals surface area contributed by atoms with Crippen LogP contribution >= 0.6 is 11.3 Å². The fourth-order valence-corrected chi connectivity index (χ4v) is 4.12. The Morgan fingerprint density at radius 1 is 1.11 bits per heavy atom. The first kappa shape index (κ1) is 18.2. The van der Waals surface area contributed by atoms with E-state index < -0.39 is 0 Å². The fraction of sp³-hybridized carbons (Fsp3) is 0.190. The third-order valence-electron chi connectivity index (χ3n) is 4.49. The number of anilines is 1. The lowest BCUT2D eigenvalue weighted by atomic mass is 10.1. The van der Waals surface area contributed by atoms with Gasteiger partial charge in [0.05, 0.1) is 10.6 Å². The minimum atomic E-state index is -0.168. The molecule has 142 valence electrons. The number of amides is 1. The highest BCUT2D eigenvalue weighted by Crippen LogP contribution is 2.38.